The first kappa shape index (κ1) is 23.1. The van der Waals surface area contributed by atoms with Gasteiger partial charge in [-0.2, -0.15) is 13.2 Å². The van der Waals surface area contributed by atoms with Crippen LogP contribution in [0.3, 0.4) is 0 Å². The molecule has 1 amide bonds. The third kappa shape index (κ3) is 4.67. The lowest BCUT2D eigenvalue weighted by molar-refractivity contribution is -0.137. The van der Waals surface area contributed by atoms with Crippen molar-refractivity contribution in [2.45, 2.75) is 37.5 Å². The molecule has 0 bridgehead atoms. The lowest BCUT2D eigenvalue weighted by atomic mass is 9.78. The molecule has 3 heterocycles. The summed E-state index contributed by atoms with van der Waals surface area (Å²) in [4.78, 5) is 18.2. The van der Waals surface area contributed by atoms with Gasteiger partial charge in [0.15, 0.2) is 5.82 Å². The normalized spacial score (nSPS) is 22.5. The van der Waals surface area contributed by atoms with E-state index in [1.54, 1.807) is 24.4 Å². The summed E-state index contributed by atoms with van der Waals surface area (Å²) < 4.78 is 61.6. The second-order valence-corrected chi connectivity index (χ2v) is 8.93. The standard InChI is InChI=1S/C24H23F4N5O2/c25-18-5-1-2-6-19(18)33-14-17(24(26,27)28)21(31-33)30-13-16-8-10-23(11-9-16)15-32(22(34)35-23)20-7-3-4-12-29-20/h1-7,12,14,16H,8-11,13,15H2,(H,30,31)/t16-,23-. The van der Waals surface area contributed by atoms with Gasteiger partial charge < -0.3 is 10.1 Å². The fraction of sp³-hybridized carbons (Fsp3) is 0.375. The van der Waals surface area contributed by atoms with E-state index in [9.17, 15) is 22.4 Å². The minimum Gasteiger partial charge on any atom is -0.441 e. The number of nitrogens with zero attached hydrogens (tertiary/aromatic N) is 4. The lowest BCUT2D eigenvalue weighted by Crippen LogP contribution is -2.39. The molecule has 1 aromatic carbocycles. The molecule has 3 aromatic rings. The average molecular weight is 489 g/mol. The first-order chi connectivity index (χ1) is 16.7. The maximum Gasteiger partial charge on any atom is 0.421 e. The Morgan fingerprint density at radius 1 is 1.11 bits per heavy atom. The number of amides is 1. The number of carbonyl (C=O) groups is 1. The predicted octanol–water partition coefficient (Wildman–Crippen LogP) is 5.42. The van der Waals surface area contributed by atoms with Crippen molar-refractivity contribution in [1.29, 1.82) is 0 Å². The number of nitrogens with one attached hydrogen (secondary N) is 1. The smallest absolute Gasteiger partial charge is 0.421 e. The van der Waals surface area contributed by atoms with E-state index in [4.69, 9.17) is 4.74 Å². The Hall–Kier alpha value is -3.63. The summed E-state index contributed by atoms with van der Waals surface area (Å²) >= 11 is 0. The number of halogens is 4. The highest BCUT2D eigenvalue weighted by atomic mass is 19.4. The Labute approximate surface area is 198 Å². The average Bonchev–Trinajstić information content (AvgIpc) is 3.41. The molecule has 1 aliphatic carbocycles. The van der Waals surface area contributed by atoms with Gasteiger partial charge in [0.25, 0.3) is 0 Å². The molecule has 2 aliphatic rings. The Morgan fingerprint density at radius 3 is 2.54 bits per heavy atom. The van der Waals surface area contributed by atoms with E-state index in [-0.39, 0.29) is 24.0 Å². The minimum absolute atomic E-state index is 0.0637. The van der Waals surface area contributed by atoms with Crippen LogP contribution in [0.5, 0.6) is 0 Å². The van der Waals surface area contributed by atoms with Crippen LogP contribution in [-0.4, -0.2) is 39.5 Å². The monoisotopic (exact) mass is 489 g/mol. The number of pyridine rings is 1. The second kappa shape index (κ2) is 8.86. The van der Waals surface area contributed by atoms with Crippen molar-refractivity contribution in [2.75, 3.05) is 23.3 Å². The molecule has 1 spiro atoms. The van der Waals surface area contributed by atoms with Crippen molar-refractivity contribution >= 4 is 17.7 Å². The summed E-state index contributed by atoms with van der Waals surface area (Å²) in [5.74, 6) is -0.403. The van der Waals surface area contributed by atoms with Crippen molar-refractivity contribution in [3.05, 3.63) is 66.2 Å². The van der Waals surface area contributed by atoms with Gasteiger partial charge in [0.1, 0.15) is 28.5 Å². The Bertz CT molecular complexity index is 1210. The lowest BCUT2D eigenvalue weighted by Gasteiger charge is -2.35. The molecule has 1 saturated heterocycles. The van der Waals surface area contributed by atoms with Crippen LogP contribution in [0.1, 0.15) is 31.2 Å². The van der Waals surface area contributed by atoms with Crippen LogP contribution in [0.4, 0.5) is 34.0 Å². The van der Waals surface area contributed by atoms with Crippen molar-refractivity contribution in [3.63, 3.8) is 0 Å². The van der Waals surface area contributed by atoms with Gasteiger partial charge in [-0.1, -0.05) is 18.2 Å². The number of para-hydroxylation sites is 1. The van der Waals surface area contributed by atoms with Gasteiger partial charge in [-0.05, 0) is 55.9 Å². The molecule has 2 aromatic heterocycles. The summed E-state index contributed by atoms with van der Waals surface area (Å²) in [7, 11) is 0. The van der Waals surface area contributed by atoms with Crippen LogP contribution in [0.2, 0.25) is 0 Å². The van der Waals surface area contributed by atoms with Crippen LogP contribution >= 0.6 is 0 Å². The molecule has 0 unspecified atom stereocenters. The molecule has 7 nitrogen and oxygen atoms in total. The molecule has 184 valence electrons. The molecular weight excluding hydrogens is 466 g/mol. The number of carbonyl (C=O) groups excluding carboxylic acids is 1. The van der Waals surface area contributed by atoms with Crippen LogP contribution in [0.15, 0.2) is 54.9 Å². The van der Waals surface area contributed by atoms with Crippen molar-refractivity contribution in [3.8, 4) is 5.69 Å². The number of hydrogen-bond donors (Lipinski definition) is 1. The largest absolute Gasteiger partial charge is 0.441 e. The van der Waals surface area contributed by atoms with E-state index >= 15 is 0 Å². The van der Waals surface area contributed by atoms with Crippen molar-refractivity contribution in [2.24, 2.45) is 5.92 Å². The molecule has 11 heteroatoms. The second-order valence-electron chi connectivity index (χ2n) is 8.93. The van der Waals surface area contributed by atoms with Gasteiger partial charge in [0.2, 0.25) is 0 Å². The molecule has 1 N–H and O–H groups in total. The molecule has 0 radical (unpaired) electrons. The molecule has 5 rings (SSSR count). The fourth-order valence-corrected chi connectivity index (χ4v) is 4.70. The topological polar surface area (TPSA) is 72.3 Å². The number of rotatable bonds is 5. The maximum atomic E-state index is 14.1. The molecule has 1 aliphatic heterocycles. The molecule has 35 heavy (non-hydrogen) atoms. The van der Waals surface area contributed by atoms with Crippen molar-refractivity contribution in [1.82, 2.24) is 14.8 Å². The van der Waals surface area contributed by atoms with Crippen molar-refractivity contribution < 1.29 is 27.1 Å². The number of aromatic nitrogens is 3. The van der Waals surface area contributed by atoms with Crippen LogP contribution < -0.4 is 10.2 Å². The number of alkyl halides is 3. The van der Waals surface area contributed by atoms with E-state index in [1.807, 2.05) is 0 Å². The minimum atomic E-state index is -4.64. The zero-order valence-corrected chi connectivity index (χ0v) is 18.6. The first-order valence-electron chi connectivity index (χ1n) is 11.3. The highest BCUT2D eigenvalue weighted by Crippen LogP contribution is 2.41. The van der Waals surface area contributed by atoms with Crippen LogP contribution in [0.25, 0.3) is 5.69 Å². The highest BCUT2D eigenvalue weighted by Gasteiger charge is 2.48. The summed E-state index contributed by atoms with van der Waals surface area (Å²) in [6.07, 6.45) is -0.130. The zero-order valence-electron chi connectivity index (χ0n) is 18.6. The molecule has 2 fully saturated rings. The third-order valence-corrected chi connectivity index (χ3v) is 6.59. The SMILES string of the molecule is O=C1O[C@]2(CC[C@H](CNc3nn(-c4ccccc4F)cc3C(F)(F)F)CC2)CN1c1ccccn1. The van der Waals surface area contributed by atoms with Gasteiger partial charge >= 0.3 is 12.3 Å². The highest BCUT2D eigenvalue weighted by molar-refractivity contribution is 5.89. The summed E-state index contributed by atoms with van der Waals surface area (Å²) in [6, 6.07) is 10.8. The quantitative estimate of drug-likeness (QED) is 0.485. The molecular formula is C24H23F4N5O2. The predicted molar refractivity (Wildman–Crippen MR) is 120 cm³/mol. The van der Waals surface area contributed by atoms with Gasteiger partial charge in [0.05, 0.1) is 6.54 Å². The van der Waals surface area contributed by atoms with E-state index in [0.717, 1.165) is 10.9 Å². The first-order valence-corrected chi connectivity index (χ1v) is 11.3. The van der Waals surface area contributed by atoms with Gasteiger partial charge in [-0.25, -0.2) is 18.9 Å². The van der Waals surface area contributed by atoms with E-state index in [2.05, 4.69) is 15.4 Å². The Kier molecular flexibility index (Phi) is 5.86. The third-order valence-electron chi connectivity index (χ3n) is 6.59. The number of anilines is 2. The fourth-order valence-electron chi connectivity index (χ4n) is 4.70. The molecule has 0 atom stereocenters. The Balaban J connectivity index is 1.24. The van der Waals surface area contributed by atoms with Crippen LogP contribution in [-0.2, 0) is 10.9 Å². The van der Waals surface area contributed by atoms with Gasteiger partial charge in [-0.3, -0.25) is 4.90 Å². The summed E-state index contributed by atoms with van der Waals surface area (Å²) in [5, 5.41) is 6.80. The number of benzene rings is 1. The van der Waals surface area contributed by atoms with E-state index < -0.39 is 29.3 Å². The van der Waals surface area contributed by atoms with E-state index in [0.29, 0.717) is 38.0 Å². The van der Waals surface area contributed by atoms with Gasteiger partial charge in [0, 0.05) is 18.9 Å². The maximum absolute atomic E-state index is 14.1. The van der Waals surface area contributed by atoms with Gasteiger partial charge in [-0.15, -0.1) is 5.10 Å². The van der Waals surface area contributed by atoms with E-state index in [1.165, 1.54) is 29.2 Å². The molecule has 1 saturated carbocycles. The summed E-state index contributed by atoms with van der Waals surface area (Å²) in [5.41, 5.74) is -1.64. The summed E-state index contributed by atoms with van der Waals surface area (Å²) in [6.45, 7) is 0.666. The van der Waals surface area contributed by atoms with Crippen LogP contribution in [0, 0.1) is 11.7 Å². The zero-order chi connectivity index (χ0) is 24.6. The number of hydrogen-bond acceptors (Lipinski definition) is 5. The number of ether oxygens (including phenoxy) is 1. The Morgan fingerprint density at radius 2 is 1.86 bits per heavy atom.